The Balaban J connectivity index is 1.88. The highest BCUT2D eigenvalue weighted by molar-refractivity contribution is 5.89. The summed E-state index contributed by atoms with van der Waals surface area (Å²) in [6.07, 6.45) is 1.22. The average molecular weight is 254 g/mol. The molecule has 1 N–H and O–H groups in total. The van der Waals surface area contributed by atoms with Crippen molar-refractivity contribution >= 4 is 11.7 Å². The first-order chi connectivity index (χ1) is 9.13. The maximum atomic E-state index is 11.8. The quantitative estimate of drug-likeness (QED) is 0.909. The van der Waals surface area contributed by atoms with E-state index in [0.29, 0.717) is 12.2 Å². The summed E-state index contributed by atoms with van der Waals surface area (Å²) in [7, 11) is 0. The second-order valence-electron chi connectivity index (χ2n) is 4.70. The van der Waals surface area contributed by atoms with Gasteiger partial charge in [0.2, 0.25) is 5.91 Å². The van der Waals surface area contributed by atoms with Crippen LogP contribution in [-0.2, 0) is 11.2 Å². The number of aryl methyl sites for hydroxylation is 3. The topological polar surface area (TPSA) is 42.0 Å². The number of carbonyl (C=O) groups excluding carboxylic acids is 1. The molecule has 3 heteroatoms. The fourth-order valence-electron chi connectivity index (χ4n) is 1.94. The van der Waals surface area contributed by atoms with Gasteiger partial charge in [-0.25, -0.2) is 4.98 Å². The molecule has 2 rings (SSSR count). The van der Waals surface area contributed by atoms with Gasteiger partial charge in [0.1, 0.15) is 5.82 Å². The minimum Gasteiger partial charge on any atom is -0.311 e. The second-order valence-corrected chi connectivity index (χ2v) is 4.70. The zero-order chi connectivity index (χ0) is 13.7. The lowest BCUT2D eigenvalue weighted by Crippen LogP contribution is -2.13. The fourth-order valence-corrected chi connectivity index (χ4v) is 1.94. The molecule has 2 aromatic rings. The molecule has 0 radical (unpaired) electrons. The molecule has 1 heterocycles. The number of nitrogens with zero attached hydrogens (tertiary/aromatic N) is 1. The van der Waals surface area contributed by atoms with Gasteiger partial charge in [-0.05, 0) is 38.0 Å². The Morgan fingerprint density at radius 1 is 1.16 bits per heavy atom. The molecule has 0 bridgehead atoms. The first kappa shape index (κ1) is 13.3. The summed E-state index contributed by atoms with van der Waals surface area (Å²) in [6, 6.07) is 13.8. The van der Waals surface area contributed by atoms with E-state index in [1.165, 1.54) is 11.1 Å². The van der Waals surface area contributed by atoms with Crippen LogP contribution in [0.1, 0.15) is 23.2 Å². The van der Waals surface area contributed by atoms with Crippen LogP contribution in [-0.4, -0.2) is 10.9 Å². The summed E-state index contributed by atoms with van der Waals surface area (Å²) in [6.45, 7) is 3.96. The summed E-state index contributed by atoms with van der Waals surface area (Å²) in [5.74, 6) is 0.619. The van der Waals surface area contributed by atoms with Gasteiger partial charge in [0.15, 0.2) is 0 Å². The number of aromatic nitrogens is 1. The number of anilines is 1. The van der Waals surface area contributed by atoms with Crippen molar-refractivity contribution in [1.29, 1.82) is 0 Å². The van der Waals surface area contributed by atoms with E-state index in [4.69, 9.17) is 0 Å². The van der Waals surface area contributed by atoms with E-state index in [2.05, 4.69) is 29.4 Å². The number of carbonyl (C=O) groups is 1. The van der Waals surface area contributed by atoms with Crippen LogP contribution < -0.4 is 5.32 Å². The minimum atomic E-state index is -0.000365. The molecule has 0 saturated heterocycles. The lowest BCUT2D eigenvalue weighted by atomic mass is 10.1. The minimum absolute atomic E-state index is 0.000365. The van der Waals surface area contributed by atoms with Crippen molar-refractivity contribution < 1.29 is 4.79 Å². The molecule has 0 saturated carbocycles. The van der Waals surface area contributed by atoms with Crippen molar-refractivity contribution in [3.8, 4) is 0 Å². The monoisotopic (exact) mass is 254 g/mol. The third-order valence-corrected chi connectivity index (χ3v) is 2.88. The van der Waals surface area contributed by atoms with E-state index in [-0.39, 0.29) is 5.91 Å². The number of hydrogen-bond donors (Lipinski definition) is 1. The zero-order valence-corrected chi connectivity index (χ0v) is 11.3. The summed E-state index contributed by atoms with van der Waals surface area (Å²) >= 11 is 0. The SMILES string of the molecule is Cc1cccc(CCC(=O)Nc2cccc(C)n2)c1. The Morgan fingerprint density at radius 3 is 2.68 bits per heavy atom. The number of amides is 1. The van der Waals surface area contributed by atoms with Crippen LogP contribution in [0, 0.1) is 13.8 Å². The van der Waals surface area contributed by atoms with E-state index < -0.39 is 0 Å². The Bertz CT molecular complexity index is 578. The first-order valence-corrected chi connectivity index (χ1v) is 6.42. The van der Waals surface area contributed by atoms with Gasteiger partial charge in [-0.2, -0.15) is 0 Å². The molecule has 0 spiro atoms. The third-order valence-electron chi connectivity index (χ3n) is 2.88. The highest BCUT2D eigenvalue weighted by atomic mass is 16.1. The van der Waals surface area contributed by atoms with E-state index in [1.807, 2.05) is 31.2 Å². The zero-order valence-electron chi connectivity index (χ0n) is 11.3. The van der Waals surface area contributed by atoms with Crippen LogP contribution in [0.4, 0.5) is 5.82 Å². The molecular weight excluding hydrogens is 236 g/mol. The van der Waals surface area contributed by atoms with E-state index in [0.717, 1.165) is 12.1 Å². The molecule has 0 unspecified atom stereocenters. The smallest absolute Gasteiger partial charge is 0.225 e. The van der Waals surface area contributed by atoms with Crippen molar-refractivity contribution in [2.45, 2.75) is 26.7 Å². The molecule has 0 aliphatic heterocycles. The van der Waals surface area contributed by atoms with Crippen LogP contribution in [0.5, 0.6) is 0 Å². The van der Waals surface area contributed by atoms with Crippen LogP contribution >= 0.6 is 0 Å². The maximum Gasteiger partial charge on any atom is 0.225 e. The number of rotatable bonds is 4. The molecular formula is C16H18N2O. The molecule has 0 aliphatic carbocycles. The molecule has 1 aromatic heterocycles. The van der Waals surface area contributed by atoms with Crippen molar-refractivity contribution in [3.63, 3.8) is 0 Å². The fraction of sp³-hybridized carbons (Fsp3) is 0.250. The van der Waals surface area contributed by atoms with Gasteiger partial charge in [0.25, 0.3) is 0 Å². The Kier molecular flexibility index (Phi) is 4.29. The van der Waals surface area contributed by atoms with Crippen LogP contribution in [0.2, 0.25) is 0 Å². The summed E-state index contributed by atoms with van der Waals surface area (Å²) < 4.78 is 0. The average Bonchev–Trinajstić information content (AvgIpc) is 2.36. The van der Waals surface area contributed by atoms with Gasteiger partial charge in [0.05, 0.1) is 0 Å². The molecule has 0 atom stereocenters. The predicted octanol–water partition coefficient (Wildman–Crippen LogP) is 3.27. The van der Waals surface area contributed by atoms with Crippen LogP contribution in [0.15, 0.2) is 42.5 Å². The van der Waals surface area contributed by atoms with E-state index in [9.17, 15) is 4.79 Å². The highest BCUT2D eigenvalue weighted by Crippen LogP contribution is 2.08. The number of benzene rings is 1. The molecule has 98 valence electrons. The Morgan fingerprint density at radius 2 is 1.95 bits per heavy atom. The summed E-state index contributed by atoms with van der Waals surface area (Å²) in [5, 5.41) is 2.82. The number of hydrogen-bond acceptors (Lipinski definition) is 2. The van der Waals surface area contributed by atoms with Crippen molar-refractivity contribution in [2.24, 2.45) is 0 Å². The third kappa shape index (κ3) is 4.21. The number of nitrogens with one attached hydrogen (secondary N) is 1. The molecule has 1 aromatic carbocycles. The number of pyridine rings is 1. The van der Waals surface area contributed by atoms with E-state index >= 15 is 0 Å². The summed E-state index contributed by atoms with van der Waals surface area (Å²) in [5.41, 5.74) is 3.31. The predicted molar refractivity (Wildman–Crippen MR) is 77.1 cm³/mol. The highest BCUT2D eigenvalue weighted by Gasteiger charge is 2.04. The van der Waals surface area contributed by atoms with Gasteiger partial charge in [-0.15, -0.1) is 0 Å². The van der Waals surface area contributed by atoms with Gasteiger partial charge >= 0.3 is 0 Å². The van der Waals surface area contributed by atoms with Crippen LogP contribution in [0.3, 0.4) is 0 Å². The largest absolute Gasteiger partial charge is 0.311 e. The van der Waals surface area contributed by atoms with Crippen molar-refractivity contribution in [2.75, 3.05) is 5.32 Å². The Labute approximate surface area is 113 Å². The standard InChI is InChI=1S/C16H18N2O/c1-12-5-3-7-14(11-12)9-10-16(19)18-15-8-4-6-13(2)17-15/h3-8,11H,9-10H2,1-2H3,(H,17,18,19). The molecule has 3 nitrogen and oxygen atoms in total. The van der Waals surface area contributed by atoms with Crippen molar-refractivity contribution in [1.82, 2.24) is 4.98 Å². The van der Waals surface area contributed by atoms with Gasteiger partial charge in [-0.1, -0.05) is 35.9 Å². The van der Waals surface area contributed by atoms with Gasteiger partial charge in [-0.3, -0.25) is 4.79 Å². The lowest BCUT2D eigenvalue weighted by Gasteiger charge is -2.05. The molecule has 1 amide bonds. The first-order valence-electron chi connectivity index (χ1n) is 6.42. The second kappa shape index (κ2) is 6.14. The molecule has 0 aliphatic rings. The van der Waals surface area contributed by atoms with Crippen molar-refractivity contribution in [3.05, 3.63) is 59.3 Å². The molecule has 19 heavy (non-hydrogen) atoms. The van der Waals surface area contributed by atoms with E-state index in [1.54, 1.807) is 6.07 Å². The Hall–Kier alpha value is -2.16. The lowest BCUT2D eigenvalue weighted by molar-refractivity contribution is -0.116. The van der Waals surface area contributed by atoms with Gasteiger partial charge < -0.3 is 5.32 Å². The normalized spacial score (nSPS) is 10.2. The van der Waals surface area contributed by atoms with Gasteiger partial charge in [0, 0.05) is 12.1 Å². The molecule has 0 fully saturated rings. The van der Waals surface area contributed by atoms with Crippen LogP contribution in [0.25, 0.3) is 0 Å². The maximum absolute atomic E-state index is 11.8. The summed E-state index contributed by atoms with van der Waals surface area (Å²) in [4.78, 5) is 16.1.